The highest BCUT2D eigenvalue weighted by Gasteiger charge is 2.13. The van der Waals surface area contributed by atoms with Crippen LogP contribution in [0.1, 0.15) is 26.2 Å². The van der Waals surface area contributed by atoms with Crippen LogP contribution < -0.4 is 5.32 Å². The van der Waals surface area contributed by atoms with Gasteiger partial charge in [0.1, 0.15) is 11.5 Å². The summed E-state index contributed by atoms with van der Waals surface area (Å²) in [6.07, 6.45) is 2.84. The highest BCUT2D eigenvalue weighted by molar-refractivity contribution is 5.61. The molecule has 0 aliphatic rings. The molecule has 0 aliphatic heterocycles. The van der Waals surface area contributed by atoms with Crippen LogP contribution in [0, 0.1) is 15.9 Å². The summed E-state index contributed by atoms with van der Waals surface area (Å²) in [7, 11) is 0. The number of rotatable bonds is 9. The molecule has 5 nitrogen and oxygen atoms in total. The quantitative estimate of drug-likeness (QED) is 0.424. The van der Waals surface area contributed by atoms with Crippen molar-refractivity contribution in [3.8, 4) is 0 Å². The third-order valence-electron chi connectivity index (χ3n) is 2.58. The standard InChI is InChI=1S/C13H19FN2O3/c1-2-3-8-19-9-4-7-15-12-10-11(14)5-6-13(12)16(17)18/h5-6,10,15H,2-4,7-9H2,1H3. The Hall–Kier alpha value is -1.69. The van der Waals surface area contributed by atoms with E-state index in [0.717, 1.165) is 44.1 Å². The molecule has 1 N–H and O–H groups in total. The van der Waals surface area contributed by atoms with Gasteiger partial charge in [0.05, 0.1) is 4.92 Å². The van der Waals surface area contributed by atoms with E-state index in [1.807, 2.05) is 0 Å². The van der Waals surface area contributed by atoms with Gasteiger partial charge < -0.3 is 10.1 Å². The summed E-state index contributed by atoms with van der Waals surface area (Å²) in [4.78, 5) is 10.2. The molecule has 0 unspecified atom stereocenters. The van der Waals surface area contributed by atoms with Gasteiger partial charge in [0.25, 0.3) is 5.69 Å². The minimum absolute atomic E-state index is 0.117. The molecule has 0 saturated carbocycles. The van der Waals surface area contributed by atoms with E-state index in [1.54, 1.807) is 0 Å². The van der Waals surface area contributed by atoms with Crippen LogP contribution in [0.25, 0.3) is 0 Å². The van der Waals surface area contributed by atoms with Crippen molar-refractivity contribution in [1.82, 2.24) is 0 Å². The molecule has 1 aromatic rings. The molecular formula is C13H19FN2O3. The lowest BCUT2D eigenvalue weighted by atomic mass is 10.2. The van der Waals surface area contributed by atoms with Gasteiger partial charge in [0.2, 0.25) is 0 Å². The van der Waals surface area contributed by atoms with Crippen molar-refractivity contribution < 1.29 is 14.1 Å². The van der Waals surface area contributed by atoms with E-state index in [0.29, 0.717) is 13.2 Å². The monoisotopic (exact) mass is 270 g/mol. The number of nitro benzene ring substituents is 1. The molecule has 0 aliphatic carbocycles. The van der Waals surface area contributed by atoms with Crippen LogP contribution in [0.3, 0.4) is 0 Å². The second-order valence-corrected chi connectivity index (χ2v) is 4.16. The van der Waals surface area contributed by atoms with Gasteiger partial charge in [-0.25, -0.2) is 4.39 Å². The average molecular weight is 270 g/mol. The Balaban J connectivity index is 2.36. The zero-order valence-corrected chi connectivity index (χ0v) is 11.0. The minimum atomic E-state index is -0.528. The van der Waals surface area contributed by atoms with Gasteiger partial charge in [0, 0.05) is 31.9 Å². The highest BCUT2D eigenvalue weighted by Crippen LogP contribution is 2.24. The van der Waals surface area contributed by atoms with E-state index in [4.69, 9.17) is 4.74 Å². The third-order valence-corrected chi connectivity index (χ3v) is 2.58. The van der Waals surface area contributed by atoms with Gasteiger partial charge in [-0.05, 0) is 18.9 Å². The molecule has 0 heterocycles. The summed E-state index contributed by atoms with van der Waals surface area (Å²) in [6.45, 7) is 3.93. The lowest BCUT2D eigenvalue weighted by molar-refractivity contribution is -0.384. The normalized spacial score (nSPS) is 10.4. The maximum atomic E-state index is 13.0. The van der Waals surface area contributed by atoms with Crippen molar-refractivity contribution in [2.45, 2.75) is 26.2 Å². The van der Waals surface area contributed by atoms with E-state index < -0.39 is 10.7 Å². The molecule has 106 valence electrons. The summed E-state index contributed by atoms with van der Waals surface area (Å²) >= 11 is 0. The molecule has 6 heteroatoms. The van der Waals surface area contributed by atoms with Gasteiger partial charge in [-0.15, -0.1) is 0 Å². The maximum Gasteiger partial charge on any atom is 0.292 e. The number of nitrogens with one attached hydrogen (secondary N) is 1. The molecule has 0 amide bonds. The first-order valence-corrected chi connectivity index (χ1v) is 6.40. The first-order chi connectivity index (χ1) is 9.15. The van der Waals surface area contributed by atoms with Crippen LogP contribution in [0.5, 0.6) is 0 Å². The molecule has 1 rings (SSSR count). The fourth-order valence-electron chi connectivity index (χ4n) is 1.55. The summed E-state index contributed by atoms with van der Waals surface area (Å²) in [6, 6.07) is 3.38. The van der Waals surface area contributed by atoms with Crippen LogP contribution in [0.15, 0.2) is 18.2 Å². The van der Waals surface area contributed by atoms with Crippen molar-refractivity contribution >= 4 is 11.4 Å². The number of nitrogens with zero attached hydrogens (tertiary/aromatic N) is 1. The molecule has 0 fully saturated rings. The number of unbranched alkanes of at least 4 members (excludes halogenated alkanes) is 1. The molecule has 0 aromatic heterocycles. The largest absolute Gasteiger partial charge is 0.381 e. The number of ether oxygens (including phenoxy) is 1. The number of anilines is 1. The fraction of sp³-hybridized carbons (Fsp3) is 0.538. The number of hydrogen-bond acceptors (Lipinski definition) is 4. The van der Waals surface area contributed by atoms with Gasteiger partial charge >= 0.3 is 0 Å². The zero-order chi connectivity index (χ0) is 14.1. The number of halogens is 1. The van der Waals surface area contributed by atoms with Crippen LogP contribution in [0.2, 0.25) is 0 Å². The van der Waals surface area contributed by atoms with Gasteiger partial charge in [-0.1, -0.05) is 13.3 Å². The molecule has 0 radical (unpaired) electrons. The van der Waals surface area contributed by atoms with Crippen LogP contribution in [-0.2, 0) is 4.74 Å². The summed E-state index contributed by atoms with van der Waals surface area (Å²) in [5.41, 5.74) is 0.0897. The second kappa shape index (κ2) is 8.42. The van der Waals surface area contributed by atoms with Crippen molar-refractivity contribution in [2.24, 2.45) is 0 Å². The topological polar surface area (TPSA) is 64.4 Å². The third kappa shape index (κ3) is 5.65. The van der Waals surface area contributed by atoms with Crippen LogP contribution in [-0.4, -0.2) is 24.7 Å². The van der Waals surface area contributed by atoms with E-state index in [-0.39, 0.29) is 11.4 Å². The lowest BCUT2D eigenvalue weighted by Gasteiger charge is -2.07. The van der Waals surface area contributed by atoms with Crippen molar-refractivity contribution in [3.63, 3.8) is 0 Å². The van der Waals surface area contributed by atoms with Crippen LogP contribution in [0.4, 0.5) is 15.8 Å². The SMILES string of the molecule is CCCCOCCCNc1cc(F)ccc1[N+](=O)[O-]. The Bertz CT molecular complexity index is 413. The Morgan fingerprint density at radius 3 is 2.79 bits per heavy atom. The summed E-state index contributed by atoms with van der Waals surface area (Å²) in [5, 5.41) is 13.6. The Morgan fingerprint density at radius 1 is 1.37 bits per heavy atom. The summed E-state index contributed by atoms with van der Waals surface area (Å²) < 4.78 is 18.4. The average Bonchev–Trinajstić information content (AvgIpc) is 2.37. The predicted octanol–water partition coefficient (Wildman–Crippen LogP) is 3.35. The predicted molar refractivity (Wildman–Crippen MR) is 71.9 cm³/mol. The Morgan fingerprint density at radius 2 is 2.11 bits per heavy atom. The zero-order valence-electron chi connectivity index (χ0n) is 11.0. The molecular weight excluding hydrogens is 251 g/mol. The maximum absolute atomic E-state index is 13.0. The number of benzene rings is 1. The van der Waals surface area contributed by atoms with Crippen molar-refractivity contribution in [3.05, 3.63) is 34.1 Å². The van der Waals surface area contributed by atoms with Gasteiger partial charge in [-0.3, -0.25) is 10.1 Å². The van der Waals surface area contributed by atoms with E-state index >= 15 is 0 Å². The van der Waals surface area contributed by atoms with Gasteiger partial charge in [-0.2, -0.15) is 0 Å². The fourth-order valence-corrected chi connectivity index (χ4v) is 1.55. The lowest BCUT2D eigenvalue weighted by Crippen LogP contribution is -2.08. The molecule has 0 atom stereocenters. The molecule has 1 aromatic carbocycles. The van der Waals surface area contributed by atoms with E-state index in [9.17, 15) is 14.5 Å². The van der Waals surface area contributed by atoms with Gasteiger partial charge in [0.15, 0.2) is 0 Å². The minimum Gasteiger partial charge on any atom is -0.381 e. The smallest absolute Gasteiger partial charge is 0.292 e. The highest BCUT2D eigenvalue weighted by atomic mass is 19.1. The Labute approximate surface area is 111 Å². The first kappa shape index (κ1) is 15.4. The molecule has 19 heavy (non-hydrogen) atoms. The van der Waals surface area contributed by atoms with Crippen molar-refractivity contribution in [1.29, 1.82) is 0 Å². The molecule has 0 saturated heterocycles. The van der Waals surface area contributed by atoms with Crippen molar-refractivity contribution in [2.75, 3.05) is 25.1 Å². The molecule has 0 spiro atoms. The van der Waals surface area contributed by atoms with E-state index in [1.165, 1.54) is 0 Å². The van der Waals surface area contributed by atoms with Crippen LogP contribution >= 0.6 is 0 Å². The second-order valence-electron chi connectivity index (χ2n) is 4.16. The van der Waals surface area contributed by atoms with E-state index in [2.05, 4.69) is 12.2 Å². The number of nitro groups is 1. The summed E-state index contributed by atoms with van der Waals surface area (Å²) in [5.74, 6) is -0.493. The molecule has 0 bridgehead atoms. The first-order valence-electron chi connectivity index (χ1n) is 6.40. The Kier molecular flexibility index (Phi) is 6.81. The number of hydrogen-bond donors (Lipinski definition) is 1.